The number of para-hydroxylation sites is 1. The SMILES string of the molecule is CCc1cnc(NC2CCCC(C)(NCc3ccc(NC(=O)C=CCN(C)C)cn3)C2)nc1-c1n[nH]c2ccccc12. The van der Waals surface area contributed by atoms with Crippen LogP contribution in [-0.4, -0.2) is 68.2 Å². The lowest BCUT2D eigenvalue weighted by Gasteiger charge is -2.39. The molecule has 3 heterocycles. The lowest BCUT2D eigenvalue weighted by atomic mass is 9.80. The van der Waals surface area contributed by atoms with Gasteiger partial charge in [0.05, 0.1) is 28.8 Å². The predicted molar refractivity (Wildman–Crippen MR) is 168 cm³/mol. The molecular weight excluding hydrogens is 526 g/mol. The highest BCUT2D eigenvalue weighted by molar-refractivity contribution is 5.99. The number of nitrogens with one attached hydrogen (secondary N) is 4. The third-order valence-corrected chi connectivity index (χ3v) is 7.78. The first-order chi connectivity index (χ1) is 20.3. The molecule has 1 aliphatic carbocycles. The lowest BCUT2D eigenvalue weighted by molar-refractivity contribution is -0.111. The molecule has 4 aromatic rings. The Hall–Kier alpha value is -4.15. The molecule has 1 aliphatic rings. The maximum Gasteiger partial charge on any atom is 0.248 e. The first-order valence-electron chi connectivity index (χ1n) is 14.7. The number of H-pyrrole nitrogens is 1. The number of aryl methyl sites for hydroxylation is 1. The summed E-state index contributed by atoms with van der Waals surface area (Å²) in [6, 6.07) is 12.2. The number of fused-ring (bicyclic) bond motifs is 1. The van der Waals surface area contributed by atoms with Crippen LogP contribution in [0.25, 0.3) is 22.3 Å². The number of nitrogens with zero attached hydrogens (tertiary/aromatic N) is 5. The molecule has 1 amide bonds. The van der Waals surface area contributed by atoms with Gasteiger partial charge in [-0.2, -0.15) is 5.10 Å². The lowest BCUT2D eigenvalue weighted by Crippen LogP contribution is -2.48. The highest BCUT2D eigenvalue weighted by atomic mass is 16.1. The van der Waals surface area contributed by atoms with Crippen LogP contribution in [0.5, 0.6) is 0 Å². The van der Waals surface area contributed by atoms with E-state index in [4.69, 9.17) is 4.98 Å². The summed E-state index contributed by atoms with van der Waals surface area (Å²) in [7, 11) is 3.92. The Morgan fingerprint density at radius 2 is 2.00 bits per heavy atom. The molecule has 3 aromatic heterocycles. The van der Waals surface area contributed by atoms with Gasteiger partial charge in [0.2, 0.25) is 11.9 Å². The van der Waals surface area contributed by atoms with Crippen LogP contribution in [0.15, 0.2) is 60.9 Å². The van der Waals surface area contributed by atoms with Crippen LogP contribution in [0.3, 0.4) is 0 Å². The summed E-state index contributed by atoms with van der Waals surface area (Å²) < 4.78 is 0. The van der Waals surface area contributed by atoms with E-state index < -0.39 is 0 Å². The van der Waals surface area contributed by atoms with Crippen molar-refractivity contribution in [1.29, 1.82) is 0 Å². The summed E-state index contributed by atoms with van der Waals surface area (Å²) in [6.45, 7) is 5.76. The largest absolute Gasteiger partial charge is 0.351 e. The molecule has 1 aromatic carbocycles. The molecule has 2 atom stereocenters. The standard InChI is InChI=1S/C32H41N9O/c1-5-22-19-34-31(38-29(22)30-26-11-6-7-12-27(26)39-40-30)37-23-10-8-16-32(2,18-23)35-21-24-14-15-25(20-33-24)36-28(42)13-9-17-41(3)4/h6-7,9,11-15,19-20,23,35H,5,8,10,16-18,21H2,1-4H3,(H,36,42)(H,39,40)(H,34,37,38). The van der Waals surface area contributed by atoms with Gasteiger partial charge < -0.3 is 20.9 Å². The van der Waals surface area contributed by atoms with Crippen molar-refractivity contribution in [1.82, 2.24) is 35.4 Å². The molecule has 0 radical (unpaired) electrons. The second-order valence-electron chi connectivity index (χ2n) is 11.6. The third-order valence-electron chi connectivity index (χ3n) is 7.78. The smallest absolute Gasteiger partial charge is 0.248 e. The molecule has 0 saturated heterocycles. The van der Waals surface area contributed by atoms with Crippen LogP contribution in [0.1, 0.15) is 50.8 Å². The summed E-state index contributed by atoms with van der Waals surface area (Å²) in [6.07, 6.45) is 12.0. The van der Waals surface area contributed by atoms with Gasteiger partial charge in [0.15, 0.2) is 0 Å². The summed E-state index contributed by atoms with van der Waals surface area (Å²) in [5.41, 5.74) is 5.38. The van der Waals surface area contributed by atoms with Gasteiger partial charge in [-0.1, -0.05) is 31.2 Å². The number of hydrogen-bond acceptors (Lipinski definition) is 8. The quantitative estimate of drug-likeness (QED) is 0.188. The van der Waals surface area contributed by atoms with Gasteiger partial charge >= 0.3 is 0 Å². The van der Waals surface area contributed by atoms with E-state index in [-0.39, 0.29) is 17.5 Å². The molecule has 10 heteroatoms. The number of pyridine rings is 1. The normalized spacial score (nSPS) is 19.0. The van der Waals surface area contributed by atoms with Crippen LogP contribution in [-0.2, 0) is 17.8 Å². The molecule has 4 N–H and O–H groups in total. The van der Waals surface area contributed by atoms with Gasteiger partial charge in [-0.3, -0.25) is 14.9 Å². The second kappa shape index (κ2) is 13.2. The molecule has 10 nitrogen and oxygen atoms in total. The Balaban J connectivity index is 1.19. The van der Waals surface area contributed by atoms with Gasteiger partial charge in [-0.05, 0) is 76.9 Å². The zero-order chi connectivity index (χ0) is 29.5. The molecule has 0 spiro atoms. The Bertz CT molecular complexity index is 1530. The highest BCUT2D eigenvalue weighted by Gasteiger charge is 2.32. The van der Waals surface area contributed by atoms with Crippen LogP contribution in [0, 0.1) is 0 Å². The number of likely N-dealkylation sites (N-methyl/N-ethyl adjacent to an activating group) is 1. The topological polar surface area (TPSA) is 124 Å². The minimum absolute atomic E-state index is 0.0493. The molecule has 42 heavy (non-hydrogen) atoms. The van der Waals surface area contributed by atoms with Crippen molar-refractivity contribution in [3.05, 3.63) is 72.2 Å². The summed E-state index contributed by atoms with van der Waals surface area (Å²) in [4.78, 5) is 28.3. The highest BCUT2D eigenvalue weighted by Crippen LogP contribution is 2.32. The van der Waals surface area contributed by atoms with Gasteiger partial charge in [0, 0.05) is 42.3 Å². The molecule has 5 rings (SSSR count). The summed E-state index contributed by atoms with van der Waals surface area (Å²) in [5, 5.41) is 19.0. The average molecular weight is 568 g/mol. The van der Waals surface area contributed by atoms with Gasteiger partial charge in [-0.25, -0.2) is 9.97 Å². The number of benzene rings is 1. The predicted octanol–water partition coefficient (Wildman–Crippen LogP) is 4.94. The van der Waals surface area contributed by atoms with E-state index in [0.29, 0.717) is 24.7 Å². The Kier molecular flexibility index (Phi) is 9.24. The van der Waals surface area contributed by atoms with E-state index in [0.717, 1.165) is 65.7 Å². The van der Waals surface area contributed by atoms with Crippen LogP contribution < -0.4 is 16.0 Å². The van der Waals surface area contributed by atoms with Crippen molar-refractivity contribution in [2.24, 2.45) is 0 Å². The number of carbonyl (C=O) groups excluding carboxylic acids is 1. The van der Waals surface area contributed by atoms with Crippen molar-refractivity contribution in [3.63, 3.8) is 0 Å². The zero-order valence-corrected chi connectivity index (χ0v) is 24.9. The van der Waals surface area contributed by atoms with Crippen molar-refractivity contribution >= 4 is 28.4 Å². The first kappa shape index (κ1) is 29.3. The minimum atomic E-state index is -0.157. The van der Waals surface area contributed by atoms with E-state index in [1.165, 1.54) is 0 Å². The Morgan fingerprint density at radius 3 is 2.79 bits per heavy atom. The van der Waals surface area contributed by atoms with Gasteiger partial charge in [-0.15, -0.1) is 0 Å². The minimum Gasteiger partial charge on any atom is -0.351 e. The van der Waals surface area contributed by atoms with Crippen molar-refractivity contribution in [2.75, 3.05) is 31.3 Å². The molecule has 0 aliphatic heterocycles. The van der Waals surface area contributed by atoms with Gasteiger partial charge in [0.1, 0.15) is 5.69 Å². The number of rotatable bonds is 11. The first-order valence-corrected chi connectivity index (χ1v) is 14.7. The van der Waals surface area contributed by atoms with E-state index in [1.807, 2.05) is 61.6 Å². The third kappa shape index (κ3) is 7.37. The number of hydrogen-bond donors (Lipinski definition) is 4. The number of carbonyl (C=O) groups is 1. The molecule has 220 valence electrons. The number of aromatic nitrogens is 5. The maximum atomic E-state index is 12.1. The van der Waals surface area contributed by atoms with Crippen molar-refractivity contribution in [3.8, 4) is 11.4 Å². The van der Waals surface area contributed by atoms with E-state index >= 15 is 0 Å². The fraction of sp³-hybridized carbons (Fsp3) is 0.406. The molecule has 2 unspecified atom stereocenters. The Morgan fingerprint density at radius 1 is 1.14 bits per heavy atom. The van der Waals surface area contributed by atoms with Crippen molar-refractivity contribution < 1.29 is 4.79 Å². The van der Waals surface area contributed by atoms with Crippen molar-refractivity contribution in [2.45, 2.75) is 64.1 Å². The number of amides is 1. The van der Waals surface area contributed by atoms with Crippen LogP contribution in [0.2, 0.25) is 0 Å². The van der Waals surface area contributed by atoms with Crippen LogP contribution in [0.4, 0.5) is 11.6 Å². The second-order valence-corrected chi connectivity index (χ2v) is 11.6. The summed E-state index contributed by atoms with van der Waals surface area (Å²) in [5.74, 6) is 0.482. The molecule has 1 fully saturated rings. The maximum absolute atomic E-state index is 12.1. The molecule has 0 bridgehead atoms. The fourth-order valence-electron chi connectivity index (χ4n) is 5.50. The van der Waals surface area contributed by atoms with E-state index in [9.17, 15) is 4.79 Å². The monoisotopic (exact) mass is 567 g/mol. The Labute approximate surface area is 247 Å². The van der Waals surface area contributed by atoms with Gasteiger partial charge in [0.25, 0.3) is 0 Å². The molecule has 1 saturated carbocycles. The zero-order valence-electron chi connectivity index (χ0n) is 24.9. The van der Waals surface area contributed by atoms with E-state index in [1.54, 1.807) is 12.3 Å². The number of aromatic amines is 1. The average Bonchev–Trinajstić information content (AvgIpc) is 3.41. The molecular formula is C32H41N9O. The fourth-order valence-corrected chi connectivity index (χ4v) is 5.50. The number of anilines is 2. The van der Waals surface area contributed by atoms with E-state index in [2.05, 4.69) is 56.0 Å². The van der Waals surface area contributed by atoms with Crippen LogP contribution >= 0.6 is 0 Å². The summed E-state index contributed by atoms with van der Waals surface area (Å²) >= 11 is 0.